The fourth-order valence-electron chi connectivity index (χ4n) is 4.75. The summed E-state index contributed by atoms with van der Waals surface area (Å²) < 4.78 is 13.8. The van der Waals surface area contributed by atoms with Crippen molar-refractivity contribution in [3.05, 3.63) is 54.5 Å². The molecule has 2 amide bonds. The Hall–Kier alpha value is -2.61. The first-order chi connectivity index (χ1) is 21.7. The predicted octanol–water partition coefficient (Wildman–Crippen LogP) is 8.93. The average Bonchev–Trinajstić information content (AvgIpc) is 3.51. The molecule has 2 heterocycles. The molecule has 4 N–H and O–H groups in total. The number of amides is 2. The standard InChI is InChI=1S/C18H23BrN2O2.C12H19NO2.C6H5BrIN/c1-12-9-15(21(11-12)17(22)23-18(2,3)4)8-6-13-5-7-14(19)10-16(13)20;1-6-10-7-9(2)8-13(10)11(14)15-12(3,4)5;7-4-1-2-5(8)6(9)3-4/h5,7,10,12,15H,9,11,20H2,1-4H3;1,9-10H,7-8H2,2-5H3;1-3H,9H2/t12-,15+;9-,10+;/m00./s1. The highest BCUT2D eigenvalue weighted by Gasteiger charge is 2.35. The summed E-state index contributed by atoms with van der Waals surface area (Å²) in [5, 5.41) is 0. The lowest BCUT2D eigenvalue weighted by atomic mass is 10.1. The molecule has 0 aliphatic carbocycles. The highest BCUT2D eigenvalue weighted by atomic mass is 127. The van der Waals surface area contributed by atoms with Crippen LogP contribution in [-0.2, 0) is 9.47 Å². The summed E-state index contributed by atoms with van der Waals surface area (Å²) in [7, 11) is 0. The fraction of sp³-hybridized carbons (Fsp3) is 0.500. The van der Waals surface area contributed by atoms with E-state index in [2.05, 4.69) is 86.1 Å². The second kappa shape index (κ2) is 17.7. The Bertz CT molecular complexity index is 1500. The molecule has 11 heteroatoms. The molecule has 2 aliphatic rings. The normalized spacial score (nSPS) is 20.4. The monoisotopic (exact) mass is 884 g/mol. The van der Waals surface area contributed by atoms with Crippen molar-refractivity contribution in [1.29, 1.82) is 0 Å². The van der Waals surface area contributed by atoms with Crippen molar-refractivity contribution in [3.8, 4) is 24.2 Å². The Kier molecular flexibility index (Phi) is 15.3. The summed E-state index contributed by atoms with van der Waals surface area (Å²) >= 11 is 8.89. The van der Waals surface area contributed by atoms with E-state index in [1.54, 1.807) is 9.80 Å². The lowest BCUT2D eigenvalue weighted by molar-refractivity contribution is 0.0245. The van der Waals surface area contributed by atoms with Crippen LogP contribution in [0.15, 0.2) is 45.3 Å². The third-order valence-corrected chi connectivity index (χ3v) is 8.78. The van der Waals surface area contributed by atoms with Gasteiger partial charge < -0.3 is 20.9 Å². The van der Waals surface area contributed by atoms with Gasteiger partial charge in [0.15, 0.2) is 0 Å². The van der Waals surface area contributed by atoms with Crippen LogP contribution < -0.4 is 11.5 Å². The van der Waals surface area contributed by atoms with E-state index >= 15 is 0 Å². The van der Waals surface area contributed by atoms with Gasteiger partial charge in [0.1, 0.15) is 11.2 Å². The lowest BCUT2D eigenvalue weighted by Crippen LogP contribution is -2.39. The number of halogens is 3. The van der Waals surface area contributed by atoms with E-state index in [0.29, 0.717) is 30.6 Å². The summed E-state index contributed by atoms with van der Waals surface area (Å²) in [6, 6.07) is 11.2. The first-order valence-electron chi connectivity index (χ1n) is 15.4. The number of carbonyl (C=O) groups is 2. The first kappa shape index (κ1) is 40.6. The maximum Gasteiger partial charge on any atom is 0.411 e. The Morgan fingerprint density at radius 3 is 1.70 bits per heavy atom. The van der Waals surface area contributed by atoms with Crippen molar-refractivity contribution >= 4 is 78.0 Å². The number of likely N-dealkylation sites (tertiary alicyclic amines) is 2. The third-order valence-electron chi connectivity index (χ3n) is 6.81. The number of nitrogens with zero attached hydrogens (tertiary/aromatic N) is 2. The van der Waals surface area contributed by atoms with Gasteiger partial charge in [-0.15, -0.1) is 6.42 Å². The topological polar surface area (TPSA) is 111 Å². The van der Waals surface area contributed by atoms with Gasteiger partial charge in [0.05, 0.1) is 12.1 Å². The van der Waals surface area contributed by atoms with Crippen molar-refractivity contribution in [1.82, 2.24) is 9.80 Å². The number of ether oxygens (including phenoxy) is 2. The van der Waals surface area contributed by atoms with Crippen molar-refractivity contribution in [2.45, 2.75) is 91.5 Å². The molecule has 2 fully saturated rings. The molecule has 0 spiro atoms. The minimum Gasteiger partial charge on any atom is -0.444 e. The van der Waals surface area contributed by atoms with Crippen LogP contribution in [0, 0.1) is 39.6 Å². The summed E-state index contributed by atoms with van der Waals surface area (Å²) in [5.74, 6) is 9.79. The SMILES string of the molecule is C#C[C@@H]1C[C@H](C)CN1C(=O)OC(C)(C)C.C[C@H]1C[C@@H](C#Cc2ccc(Br)cc2N)N(C(=O)OC(C)(C)C)C1.Nc1cc(Br)ccc1I. The zero-order valence-corrected chi connectivity index (χ0v) is 33.8. The highest BCUT2D eigenvalue weighted by molar-refractivity contribution is 14.1. The zero-order valence-electron chi connectivity index (χ0n) is 28.5. The van der Waals surface area contributed by atoms with Crippen LogP contribution >= 0.6 is 54.5 Å². The molecule has 0 radical (unpaired) electrons. The van der Waals surface area contributed by atoms with Gasteiger partial charge in [-0.2, -0.15) is 0 Å². The number of terminal acetylenes is 1. The molecule has 0 unspecified atom stereocenters. The van der Waals surface area contributed by atoms with Crippen molar-refractivity contribution in [2.75, 3.05) is 24.6 Å². The van der Waals surface area contributed by atoms with Gasteiger partial charge >= 0.3 is 12.2 Å². The van der Waals surface area contributed by atoms with Gasteiger partial charge in [-0.05, 0) is 125 Å². The van der Waals surface area contributed by atoms with E-state index in [1.807, 2.05) is 77.9 Å². The number of hydrogen-bond acceptors (Lipinski definition) is 6. The minimum atomic E-state index is -0.503. The number of hydrogen-bond donors (Lipinski definition) is 2. The predicted molar refractivity (Wildman–Crippen MR) is 207 cm³/mol. The quantitative estimate of drug-likeness (QED) is 0.155. The number of rotatable bonds is 0. The number of carbonyl (C=O) groups excluding carboxylic acids is 2. The van der Waals surface area contributed by atoms with Crippen molar-refractivity contribution < 1.29 is 19.1 Å². The summed E-state index contributed by atoms with van der Waals surface area (Å²) in [6.45, 7) is 16.8. The number of nitrogens with two attached hydrogens (primary N) is 2. The average molecular weight is 887 g/mol. The Labute approximate surface area is 311 Å². The molecule has 0 aromatic heterocycles. The smallest absolute Gasteiger partial charge is 0.411 e. The summed E-state index contributed by atoms with van der Waals surface area (Å²) in [6.07, 6.45) is 6.51. The maximum absolute atomic E-state index is 12.3. The van der Waals surface area contributed by atoms with Gasteiger partial charge in [-0.1, -0.05) is 63.5 Å². The van der Waals surface area contributed by atoms with E-state index in [-0.39, 0.29) is 24.3 Å². The van der Waals surface area contributed by atoms with E-state index in [1.165, 1.54) is 0 Å². The van der Waals surface area contributed by atoms with Crippen LogP contribution in [0.1, 0.15) is 73.8 Å². The molecule has 47 heavy (non-hydrogen) atoms. The molecule has 256 valence electrons. The second-order valence-electron chi connectivity index (χ2n) is 13.8. The Balaban J connectivity index is 0.000000273. The largest absolute Gasteiger partial charge is 0.444 e. The van der Waals surface area contributed by atoms with Crippen LogP contribution in [0.25, 0.3) is 0 Å². The minimum absolute atomic E-state index is 0.102. The van der Waals surface area contributed by atoms with Crippen molar-refractivity contribution in [2.24, 2.45) is 11.8 Å². The highest BCUT2D eigenvalue weighted by Crippen LogP contribution is 2.26. The van der Waals surface area contributed by atoms with Crippen LogP contribution in [0.4, 0.5) is 21.0 Å². The number of anilines is 2. The van der Waals surface area contributed by atoms with E-state index in [0.717, 1.165) is 36.6 Å². The van der Waals surface area contributed by atoms with Crippen LogP contribution in [0.5, 0.6) is 0 Å². The van der Waals surface area contributed by atoms with E-state index in [9.17, 15) is 9.59 Å². The fourth-order valence-corrected chi connectivity index (χ4v) is 5.85. The van der Waals surface area contributed by atoms with Gasteiger partial charge in [0.25, 0.3) is 0 Å². The molecule has 4 atom stereocenters. The van der Waals surface area contributed by atoms with Gasteiger partial charge in [-0.3, -0.25) is 9.80 Å². The number of benzene rings is 2. The van der Waals surface area contributed by atoms with Crippen molar-refractivity contribution in [3.63, 3.8) is 0 Å². The molecule has 2 aliphatic heterocycles. The molecule has 2 saturated heterocycles. The molecule has 8 nitrogen and oxygen atoms in total. The van der Waals surface area contributed by atoms with E-state index < -0.39 is 11.2 Å². The van der Waals surface area contributed by atoms with Gasteiger partial charge in [0.2, 0.25) is 0 Å². The lowest BCUT2D eigenvalue weighted by Gasteiger charge is -2.26. The molecule has 0 saturated carbocycles. The number of nitrogen functional groups attached to an aromatic ring is 2. The molecule has 4 rings (SSSR count). The Morgan fingerprint density at radius 1 is 0.830 bits per heavy atom. The van der Waals surface area contributed by atoms with Gasteiger partial charge in [0, 0.05) is 42.5 Å². The second-order valence-corrected chi connectivity index (χ2v) is 16.8. The van der Waals surface area contributed by atoms with Crippen LogP contribution in [0.3, 0.4) is 0 Å². The van der Waals surface area contributed by atoms with Gasteiger partial charge in [-0.25, -0.2) is 9.59 Å². The molecular weight excluding hydrogens is 839 g/mol. The summed E-state index contributed by atoms with van der Waals surface area (Å²) in [4.78, 5) is 27.5. The molecule has 2 aromatic carbocycles. The molecule has 0 bridgehead atoms. The van der Waals surface area contributed by atoms with E-state index in [4.69, 9.17) is 27.4 Å². The van der Waals surface area contributed by atoms with Crippen LogP contribution in [0.2, 0.25) is 0 Å². The maximum atomic E-state index is 12.3. The van der Waals surface area contributed by atoms with Crippen LogP contribution in [-0.4, -0.2) is 58.4 Å². The first-order valence-corrected chi connectivity index (χ1v) is 18.1. The molecule has 2 aromatic rings. The molecular formula is C36H47Br2IN4O4. The Morgan fingerprint density at radius 2 is 1.28 bits per heavy atom. The third kappa shape index (κ3) is 14.2. The zero-order chi connectivity index (χ0) is 35.7. The summed E-state index contributed by atoms with van der Waals surface area (Å²) in [5.41, 5.74) is 12.8.